The Balaban J connectivity index is 2.21. The van der Waals surface area contributed by atoms with Crippen LogP contribution in [0, 0.1) is 6.92 Å². The highest BCUT2D eigenvalue weighted by Gasteiger charge is 2.09. The molecule has 2 aromatic rings. The lowest BCUT2D eigenvalue weighted by Crippen LogP contribution is -1.97. The molecule has 0 aliphatic carbocycles. The fourth-order valence-corrected chi connectivity index (χ4v) is 2.46. The molecule has 2 heterocycles. The molecule has 0 unspecified atom stereocenters. The fraction of sp³-hybridized carbons (Fsp3) is 0.455. The molecule has 0 aromatic carbocycles. The molecule has 2 aromatic heterocycles. The number of nitrogens with zero attached hydrogens (tertiary/aromatic N) is 3. The van der Waals surface area contributed by atoms with E-state index in [4.69, 9.17) is 0 Å². The van der Waals surface area contributed by atoms with Crippen LogP contribution in [0.15, 0.2) is 12.4 Å². The summed E-state index contributed by atoms with van der Waals surface area (Å²) in [7, 11) is 1.94. The number of aryl methyl sites for hydroxylation is 2. The summed E-state index contributed by atoms with van der Waals surface area (Å²) in [5.41, 5.74) is 2.22. The lowest BCUT2D eigenvalue weighted by atomic mass is 10.2. The summed E-state index contributed by atoms with van der Waals surface area (Å²) in [5, 5.41) is 8.61. The van der Waals surface area contributed by atoms with Crippen molar-refractivity contribution in [2.45, 2.75) is 20.3 Å². The lowest BCUT2D eigenvalue weighted by molar-refractivity contribution is 0.756. The molecule has 0 fully saturated rings. The maximum atomic E-state index is 4.35. The van der Waals surface area contributed by atoms with Crippen LogP contribution in [0.3, 0.4) is 0 Å². The number of hydrogen-bond acceptors (Lipinski definition) is 4. The van der Waals surface area contributed by atoms with Crippen LogP contribution in [0.5, 0.6) is 0 Å². The topological polar surface area (TPSA) is 42.7 Å². The Morgan fingerprint density at radius 1 is 1.50 bits per heavy atom. The van der Waals surface area contributed by atoms with E-state index in [-0.39, 0.29) is 0 Å². The quantitative estimate of drug-likeness (QED) is 0.887. The minimum atomic E-state index is 0.971. The minimum Gasteiger partial charge on any atom is -0.362 e. The zero-order valence-corrected chi connectivity index (χ0v) is 10.6. The summed E-state index contributed by atoms with van der Waals surface area (Å²) >= 11 is 1.68. The second-order valence-electron chi connectivity index (χ2n) is 3.76. The molecule has 2 rings (SSSR count). The van der Waals surface area contributed by atoms with Crippen LogP contribution in [0.1, 0.15) is 19.0 Å². The first-order valence-corrected chi connectivity index (χ1v) is 6.22. The van der Waals surface area contributed by atoms with Crippen LogP contribution in [0.25, 0.3) is 10.4 Å². The molecular formula is C11H16N4S. The van der Waals surface area contributed by atoms with E-state index in [0.717, 1.165) is 23.8 Å². The van der Waals surface area contributed by atoms with Crippen molar-refractivity contribution in [1.82, 2.24) is 14.8 Å². The molecule has 0 radical (unpaired) electrons. The third-order valence-corrected chi connectivity index (χ3v) is 3.30. The minimum absolute atomic E-state index is 0.971. The maximum Gasteiger partial charge on any atom is 0.183 e. The number of anilines is 1. The zero-order chi connectivity index (χ0) is 11.5. The van der Waals surface area contributed by atoms with Crippen LogP contribution in [0.2, 0.25) is 0 Å². The van der Waals surface area contributed by atoms with Gasteiger partial charge in [0.25, 0.3) is 0 Å². The van der Waals surface area contributed by atoms with Gasteiger partial charge in [-0.1, -0.05) is 18.3 Å². The zero-order valence-electron chi connectivity index (χ0n) is 9.82. The molecule has 0 amide bonds. The number of nitrogens with one attached hydrogen (secondary N) is 1. The number of rotatable bonds is 4. The van der Waals surface area contributed by atoms with Crippen LogP contribution < -0.4 is 5.32 Å². The number of hydrogen-bond donors (Lipinski definition) is 1. The molecule has 16 heavy (non-hydrogen) atoms. The highest BCUT2D eigenvalue weighted by Crippen LogP contribution is 2.30. The monoisotopic (exact) mass is 236 g/mol. The molecule has 86 valence electrons. The van der Waals surface area contributed by atoms with Gasteiger partial charge in [-0.05, 0) is 13.3 Å². The second-order valence-corrected chi connectivity index (χ2v) is 4.79. The van der Waals surface area contributed by atoms with Gasteiger partial charge in [0, 0.05) is 31.5 Å². The fourth-order valence-electron chi connectivity index (χ4n) is 1.55. The van der Waals surface area contributed by atoms with Gasteiger partial charge in [0.1, 0.15) is 0 Å². The van der Waals surface area contributed by atoms with E-state index in [9.17, 15) is 0 Å². The van der Waals surface area contributed by atoms with E-state index in [1.165, 1.54) is 10.4 Å². The Kier molecular flexibility index (Phi) is 3.24. The largest absolute Gasteiger partial charge is 0.362 e. The van der Waals surface area contributed by atoms with Crippen LogP contribution in [-0.4, -0.2) is 21.3 Å². The summed E-state index contributed by atoms with van der Waals surface area (Å²) in [4.78, 5) is 5.52. The first kappa shape index (κ1) is 11.1. The second kappa shape index (κ2) is 4.65. The van der Waals surface area contributed by atoms with Gasteiger partial charge in [-0.15, -0.1) is 0 Å². The predicted molar refractivity (Wildman–Crippen MR) is 67.8 cm³/mol. The van der Waals surface area contributed by atoms with Gasteiger partial charge < -0.3 is 5.32 Å². The van der Waals surface area contributed by atoms with Gasteiger partial charge in [-0.25, -0.2) is 4.98 Å². The van der Waals surface area contributed by atoms with Crippen molar-refractivity contribution in [3.63, 3.8) is 0 Å². The van der Waals surface area contributed by atoms with Crippen molar-refractivity contribution >= 4 is 16.5 Å². The van der Waals surface area contributed by atoms with Crippen LogP contribution >= 0.6 is 11.3 Å². The van der Waals surface area contributed by atoms with Crippen molar-refractivity contribution in [2.24, 2.45) is 7.05 Å². The van der Waals surface area contributed by atoms with Crippen molar-refractivity contribution < 1.29 is 0 Å². The highest BCUT2D eigenvalue weighted by atomic mass is 32.1. The normalized spacial score (nSPS) is 10.7. The third kappa shape index (κ3) is 2.24. The van der Waals surface area contributed by atoms with Crippen molar-refractivity contribution in [3.05, 3.63) is 18.1 Å². The summed E-state index contributed by atoms with van der Waals surface area (Å²) < 4.78 is 1.84. The average Bonchev–Trinajstić information content (AvgIpc) is 2.82. The van der Waals surface area contributed by atoms with E-state index >= 15 is 0 Å². The maximum absolute atomic E-state index is 4.35. The number of thiazole rings is 1. The standard InChI is InChI=1S/C11H16N4S/c1-4-5-12-11-13-6-10(16-11)9-7-15(3)14-8(9)2/h6-7H,4-5H2,1-3H3,(H,12,13). The molecule has 0 aliphatic rings. The summed E-state index contributed by atoms with van der Waals surface area (Å²) in [5.74, 6) is 0. The molecule has 0 atom stereocenters. The van der Waals surface area contributed by atoms with Gasteiger partial charge in [0.05, 0.1) is 10.6 Å². The summed E-state index contributed by atoms with van der Waals surface area (Å²) in [6, 6.07) is 0. The smallest absolute Gasteiger partial charge is 0.183 e. The molecule has 1 N–H and O–H groups in total. The average molecular weight is 236 g/mol. The first-order chi connectivity index (χ1) is 7.70. The molecule has 0 saturated heterocycles. The molecule has 5 heteroatoms. The van der Waals surface area contributed by atoms with Gasteiger partial charge >= 0.3 is 0 Å². The van der Waals surface area contributed by atoms with E-state index in [0.29, 0.717) is 0 Å². The highest BCUT2D eigenvalue weighted by molar-refractivity contribution is 7.18. The molecular weight excluding hydrogens is 220 g/mol. The Morgan fingerprint density at radius 2 is 2.31 bits per heavy atom. The van der Waals surface area contributed by atoms with Crippen molar-refractivity contribution in [3.8, 4) is 10.4 Å². The van der Waals surface area contributed by atoms with E-state index in [1.807, 2.05) is 31.0 Å². The van der Waals surface area contributed by atoms with E-state index in [1.54, 1.807) is 11.3 Å². The predicted octanol–water partition coefficient (Wildman–Crippen LogP) is 2.67. The van der Waals surface area contributed by atoms with E-state index in [2.05, 4.69) is 22.3 Å². The van der Waals surface area contributed by atoms with Crippen LogP contribution in [0.4, 0.5) is 5.13 Å². The molecule has 4 nitrogen and oxygen atoms in total. The first-order valence-electron chi connectivity index (χ1n) is 5.41. The third-order valence-electron chi connectivity index (χ3n) is 2.31. The molecule has 0 spiro atoms. The SMILES string of the molecule is CCCNc1ncc(-c2cn(C)nc2C)s1. The Bertz CT molecular complexity index is 472. The van der Waals surface area contributed by atoms with Gasteiger partial charge in [-0.3, -0.25) is 4.68 Å². The van der Waals surface area contributed by atoms with Gasteiger partial charge in [0.2, 0.25) is 0 Å². The van der Waals surface area contributed by atoms with Crippen molar-refractivity contribution in [2.75, 3.05) is 11.9 Å². The Morgan fingerprint density at radius 3 is 2.94 bits per heavy atom. The summed E-state index contributed by atoms with van der Waals surface area (Å²) in [6.45, 7) is 5.14. The lowest BCUT2D eigenvalue weighted by Gasteiger charge is -1.96. The van der Waals surface area contributed by atoms with Gasteiger partial charge in [0.15, 0.2) is 5.13 Å². The summed E-state index contributed by atoms with van der Waals surface area (Å²) in [6.07, 6.45) is 5.06. The molecule has 0 bridgehead atoms. The van der Waals surface area contributed by atoms with Crippen LogP contribution in [-0.2, 0) is 7.05 Å². The van der Waals surface area contributed by atoms with E-state index < -0.39 is 0 Å². The van der Waals surface area contributed by atoms with Gasteiger partial charge in [-0.2, -0.15) is 5.10 Å². The van der Waals surface area contributed by atoms with Crippen molar-refractivity contribution in [1.29, 1.82) is 0 Å². The Hall–Kier alpha value is -1.36. The molecule has 0 saturated carbocycles. The Labute approximate surface area is 99.3 Å². The molecule has 0 aliphatic heterocycles. The number of aromatic nitrogens is 3.